The number of hydrogen-bond donors (Lipinski definition) is 0. The van der Waals surface area contributed by atoms with Crippen molar-refractivity contribution in [2.75, 3.05) is 7.11 Å². The summed E-state index contributed by atoms with van der Waals surface area (Å²) in [4.78, 5) is 38.3. The Labute approximate surface area is 191 Å². The number of allylic oxidation sites excluding steroid dienone is 4. The maximum Gasteiger partial charge on any atom is 0.343 e. The summed E-state index contributed by atoms with van der Waals surface area (Å²) < 4.78 is 16.8. The van der Waals surface area contributed by atoms with Crippen molar-refractivity contribution >= 4 is 17.5 Å². The Morgan fingerprint density at radius 3 is 2.09 bits per heavy atom. The van der Waals surface area contributed by atoms with Crippen LogP contribution < -0.4 is 9.47 Å². The highest BCUT2D eigenvalue weighted by atomic mass is 16.5. The third-order valence-electron chi connectivity index (χ3n) is 6.37. The number of carbonyl (C=O) groups is 3. The summed E-state index contributed by atoms with van der Waals surface area (Å²) in [6, 6.07) is 13.8. The van der Waals surface area contributed by atoms with Crippen LogP contribution in [0, 0.1) is 0 Å². The van der Waals surface area contributed by atoms with Gasteiger partial charge < -0.3 is 14.2 Å². The second-order valence-corrected chi connectivity index (χ2v) is 8.45. The third-order valence-corrected chi connectivity index (χ3v) is 6.37. The lowest BCUT2D eigenvalue weighted by atomic mass is 9.73. The van der Waals surface area contributed by atoms with Gasteiger partial charge in [-0.1, -0.05) is 18.2 Å². The van der Waals surface area contributed by atoms with E-state index in [-0.39, 0.29) is 11.6 Å². The summed E-state index contributed by atoms with van der Waals surface area (Å²) in [5.41, 5.74) is 2.42. The molecular formula is C27H24O6. The van der Waals surface area contributed by atoms with Crippen LogP contribution in [0.3, 0.4) is 0 Å². The van der Waals surface area contributed by atoms with E-state index in [1.807, 2.05) is 12.1 Å². The molecule has 0 fully saturated rings. The lowest BCUT2D eigenvalue weighted by Crippen LogP contribution is -2.30. The molecule has 0 amide bonds. The summed E-state index contributed by atoms with van der Waals surface area (Å²) in [5.74, 6) is 1.53. The Bertz CT molecular complexity index is 1160. The van der Waals surface area contributed by atoms with Crippen LogP contribution in [0.15, 0.2) is 71.2 Å². The molecule has 6 nitrogen and oxygen atoms in total. The van der Waals surface area contributed by atoms with E-state index in [4.69, 9.17) is 14.2 Å². The quantitative estimate of drug-likeness (QED) is 0.485. The van der Waals surface area contributed by atoms with Crippen LogP contribution in [0.2, 0.25) is 0 Å². The molecule has 5 rings (SSSR count). The first kappa shape index (κ1) is 21.2. The number of rotatable bonds is 4. The second kappa shape index (κ2) is 8.70. The van der Waals surface area contributed by atoms with Crippen molar-refractivity contribution in [2.45, 2.75) is 44.4 Å². The molecule has 0 radical (unpaired) electrons. The van der Waals surface area contributed by atoms with E-state index < -0.39 is 11.9 Å². The topological polar surface area (TPSA) is 78.9 Å². The molecule has 1 aliphatic heterocycles. The maximum atomic E-state index is 12.9. The molecule has 3 aliphatic rings. The van der Waals surface area contributed by atoms with Gasteiger partial charge in [0.2, 0.25) is 0 Å². The van der Waals surface area contributed by atoms with Crippen molar-refractivity contribution in [3.05, 3.63) is 82.3 Å². The average molecular weight is 444 g/mol. The van der Waals surface area contributed by atoms with Crippen molar-refractivity contribution in [1.82, 2.24) is 0 Å². The number of carbonyl (C=O) groups excluding carboxylic acids is 3. The summed E-state index contributed by atoms with van der Waals surface area (Å²) in [7, 11) is 1.54. The first-order chi connectivity index (χ1) is 16.0. The Morgan fingerprint density at radius 2 is 1.48 bits per heavy atom. The van der Waals surface area contributed by atoms with Gasteiger partial charge in [0.1, 0.15) is 23.0 Å². The molecule has 0 N–H and O–H groups in total. The lowest BCUT2D eigenvalue weighted by molar-refractivity contribution is -0.117. The van der Waals surface area contributed by atoms with Gasteiger partial charge in [0.05, 0.1) is 12.7 Å². The Balaban J connectivity index is 1.45. The smallest absolute Gasteiger partial charge is 0.343 e. The van der Waals surface area contributed by atoms with Gasteiger partial charge in [-0.25, -0.2) is 4.79 Å². The van der Waals surface area contributed by atoms with Crippen molar-refractivity contribution < 1.29 is 28.6 Å². The summed E-state index contributed by atoms with van der Waals surface area (Å²) in [6.45, 7) is 0. The molecule has 6 heteroatoms. The van der Waals surface area contributed by atoms with Gasteiger partial charge in [-0.2, -0.15) is 0 Å². The molecule has 0 bridgehead atoms. The first-order valence-corrected chi connectivity index (χ1v) is 11.2. The normalized spacial score (nSPS) is 18.5. The van der Waals surface area contributed by atoms with Gasteiger partial charge in [-0.05, 0) is 48.7 Å². The summed E-state index contributed by atoms with van der Waals surface area (Å²) >= 11 is 0. The van der Waals surface area contributed by atoms with Crippen LogP contribution in [0.25, 0.3) is 0 Å². The zero-order chi connectivity index (χ0) is 22.9. The minimum atomic E-state index is -0.493. The molecular weight excluding hydrogens is 420 g/mol. The predicted octanol–water partition coefficient (Wildman–Crippen LogP) is 5.04. The van der Waals surface area contributed by atoms with Gasteiger partial charge in [-0.3, -0.25) is 9.59 Å². The number of ether oxygens (including phenoxy) is 3. The number of esters is 1. The molecule has 0 saturated heterocycles. The molecule has 2 aliphatic carbocycles. The van der Waals surface area contributed by atoms with Crippen LogP contribution in [0.5, 0.6) is 11.5 Å². The molecule has 168 valence electrons. The van der Waals surface area contributed by atoms with Crippen molar-refractivity contribution in [3.8, 4) is 11.5 Å². The SMILES string of the molecule is COc1cccc(C(=O)Oc2ccc(C3C4=C(CCCC4=O)OC4=C3C(=O)CCC4)cc2)c1. The zero-order valence-electron chi connectivity index (χ0n) is 18.4. The minimum absolute atomic E-state index is 0.0414. The minimum Gasteiger partial charge on any atom is -0.497 e. The molecule has 0 atom stereocenters. The van der Waals surface area contributed by atoms with Crippen molar-refractivity contribution in [3.63, 3.8) is 0 Å². The van der Waals surface area contributed by atoms with Crippen LogP contribution in [-0.2, 0) is 14.3 Å². The van der Waals surface area contributed by atoms with Gasteiger partial charge in [0.25, 0.3) is 0 Å². The fraction of sp³-hybridized carbons (Fsp3) is 0.296. The number of Topliss-reactive ketones (excluding diaryl/α,β-unsaturated/α-hetero) is 2. The Morgan fingerprint density at radius 1 is 0.848 bits per heavy atom. The number of benzene rings is 2. The van der Waals surface area contributed by atoms with E-state index in [1.54, 1.807) is 36.4 Å². The molecule has 33 heavy (non-hydrogen) atoms. The van der Waals surface area contributed by atoms with Crippen LogP contribution in [0.4, 0.5) is 0 Å². The highest BCUT2D eigenvalue weighted by molar-refractivity contribution is 6.05. The lowest BCUT2D eigenvalue weighted by Gasteiger charge is -2.36. The standard InChI is InChI=1S/C27H24O6/c1-31-19-6-2-5-17(15-19)27(30)32-18-13-11-16(12-14-18)24-25-20(28)7-3-9-22(25)33-23-10-4-8-21(29)26(23)24/h2,5-6,11-15,24H,3-4,7-10H2,1H3. The molecule has 0 unspecified atom stereocenters. The van der Waals surface area contributed by atoms with E-state index in [9.17, 15) is 14.4 Å². The fourth-order valence-electron chi connectivity index (χ4n) is 4.80. The van der Waals surface area contributed by atoms with E-state index >= 15 is 0 Å². The monoisotopic (exact) mass is 444 g/mol. The maximum absolute atomic E-state index is 12.9. The molecule has 1 heterocycles. The second-order valence-electron chi connectivity index (χ2n) is 8.45. The van der Waals surface area contributed by atoms with E-state index in [2.05, 4.69) is 0 Å². The molecule has 0 saturated carbocycles. The highest BCUT2D eigenvalue weighted by Crippen LogP contribution is 2.47. The van der Waals surface area contributed by atoms with Crippen molar-refractivity contribution in [1.29, 1.82) is 0 Å². The van der Waals surface area contributed by atoms with E-state index in [0.29, 0.717) is 65.4 Å². The van der Waals surface area contributed by atoms with Gasteiger partial charge in [-0.15, -0.1) is 0 Å². The Kier molecular flexibility index (Phi) is 5.58. The first-order valence-electron chi connectivity index (χ1n) is 11.2. The van der Waals surface area contributed by atoms with Crippen LogP contribution in [-0.4, -0.2) is 24.6 Å². The highest BCUT2D eigenvalue weighted by Gasteiger charge is 2.41. The van der Waals surface area contributed by atoms with Crippen molar-refractivity contribution in [2.24, 2.45) is 0 Å². The van der Waals surface area contributed by atoms with Gasteiger partial charge in [0, 0.05) is 42.7 Å². The third kappa shape index (κ3) is 3.97. The van der Waals surface area contributed by atoms with Crippen LogP contribution in [0.1, 0.15) is 60.4 Å². The predicted molar refractivity (Wildman–Crippen MR) is 120 cm³/mol. The summed E-state index contributed by atoms with van der Waals surface area (Å²) in [6.07, 6.45) is 3.87. The van der Waals surface area contributed by atoms with Crippen LogP contribution >= 0.6 is 0 Å². The fourth-order valence-corrected chi connectivity index (χ4v) is 4.80. The van der Waals surface area contributed by atoms with Gasteiger partial charge >= 0.3 is 5.97 Å². The van der Waals surface area contributed by atoms with E-state index in [0.717, 1.165) is 18.4 Å². The largest absolute Gasteiger partial charge is 0.497 e. The zero-order valence-corrected chi connectivity index (χ0v) is 18.4. The molecule has 0 spiro atoms. The average Bonchev–Trinajstić information content (AvgIpc) is 2.84. The summed E-state index contributed by atoms with van der Waals surface area (Å²) in [5, 5.41) is 0. The molecule has 0 aromatic heterocycles. The molecule has 2 aromatic rings. The Hall–Kier alpha value is -3.67. The number of ketones is 2. The van der Waals surface area contributed by atoms with Gasteiger partial charge in [0.15, 0.2) is 11.6 Å². The molecule has 2 aromatic carbocycles. The number of methoxy groups -OCH3 is 1. The van der Waals surface area contributed by atoms with E-state index in [1.165, 1.54) is 7.11 Å². The number of hydrogen-bond acceptors (Lipinski definition) is 6.